The Balaban J connectivity index is 1.74. The highest BCUT2D eigenvalue weighted by Gasteiger charge is 2.46. The van der Waals surface area contributed by atoms with E-state index in [-0.39, 0.29) is 11.3 Å². The van der Waals surface area contributed by atoms with Gasteiger partial charge in [0.2, 0.25) is 0 Å². The molecule has 1 amide bonds. The number of hydrogen-bond donors (Lipinski definition) is 1. The van der Waals surface area contributed by atoms with Gasteiger partial charge in [0.25, 0.3) is 11.7 Å². The zero-order valence-corrected chi connectivity index (χ0v) is 20.2. The first-order chi connectivity index (χ1) is 17.0. The number of carbonyl (C=O) groups is 2. The van der Waals surface area contributed by atoms with Gasteiger partial charge in [-0.3, -0.25) is 14.5 Å². The summed E-state index contributed by atoms with van der Waals surface area (Å²) in [5, 5.41) is 11.2. The molecule has 0 aromatic heterocycles. The molecule has 0 radical (unpaired) electrons. The quantitative estimate of drug-likeness (QED) is 0.335. The summed E-state index contributed by atoms with van der Waals surface area (Å²) in [6, 6.07) is 13.5. The molecule has 35 heavy (non-hydrogen) atoms. The average Bonchev–Trinajstić information content (AvgIpc) is 3.16. The number of hydrogen-bond acceptors (Lipinski definition) is 7. The number of rotatable bonds is 9. The van der Waals surface area contributed by atoms with Gasteiger partial charge in [-0.2, -0.15) is 0 Å². The Morgan fingerprint density at radius 3 is 2.49 bits per heavy atom. The molecule has 4 rings (SSSR count). The third-order valence-corrected chi connectivity index (χ3v) is 6.31. The number of Topliss-reactive ketones (excluding diaryl/α,β-unsaturated/α-hetero) is 1. The summed E-state index contributed by atoms with van der Waals surface area (Å²) in [4.78, 5) is 30.2. The molecule has 186 valence electrons. The molecule has 8 heteroatoms. The number of amides is 1. The van der Waals surface area contributed by atoms with E-state index >= 15 is 0 Å². The molecular weight excluding hydrogens is 448 g/mol. The van der Waals surface area contributed by atoms with Crippen molar-refractivity contribution < 1.29 is 28.9 Å². The van der Waals surface area contributed by atoms with Gasteiger partial charge in [-0.25, -0.2) is 0 Å². The van der Waals surface area contributed by atoms with E-state index in [2.05, 4.69) is 4.90 Å². The van der Waals surface area contributed by atoms with Crippen LogP contribution in [0.3, 0.4) is 0 Å². The first kappa shape index (κ1) is 24.8. The van der Waals surface area contributed by atoms with E-state index in [1.807, 2.05) is 19.1 Å². The molecule has 1 atom stereocenters. The predicted molar refractivity (Wildman–Crippen MR) is 131 cm³/mol. The summed E-state index contributed by atoms with van der Waals surface area (Å²) >= 11 is 0. The number of likely N-dealkylation sites (tertiary alicyclic amines) is 1. The number of ether oxygens (including phenoxy) is 3. The highest BCUT2D eigenvalue weighted by molar-refractivity contribution is 6.46. The molecule has 2 heterocycles. The summed E-state index contributed by atoms with van der Waals surface area (Å²) in [6.45, 7) is 6.35. The number of carbonyl (C=O) groups excluding carboxylic acids is 2. The van der Waals surface area contributed by atoms with Crippen molar-refractivity contribution in [1.29, 1.82) is 0 Å². The Morgan fingerprint density at radius 2 is 1.80 bits per heavy atom. The van der Waals surface area contributed by atoms with E-state index in [1.165, 1.54) is 0 Å². The van der Waals surface area contributed by atoms with Gasteiger partial charge in [-0.15, -0.1) is 0 Å². The number of aliphatic hydroxyl groups is 1. The zero-order valence-electron chi connectivity index (χ0n) is 20.2. The maximum Gasteiger partial charge on any atom is 0.295 e. The molecule has 1 N–H and O–H groups in total. The number of ketones is 1. The van der Waals surface area contributed by atoms with Crippen molar-refractivity contribution in [3.63, 3.8) is 0 Å². The Bertz CT molecular complexity index is 1080. The second kappa shape index (κ2) is 11.4. The minimum absolute atomic E-state index is 0.0763. The number of morpholine rings is 1. The Labute approximate surface area is 205 Å². The number of methoxy groups -OCH3 is 1. The molecule has 0 bridgehead atoms. The van der Waals surface area contributed by atoms with Crippen molar-refractivity contribution in [2.24, 2.45) is 0 Å². The van der Waals surface area contributed by atoms with Crippen LogP contribution in [0.2, 0.25) is 0 Å². The van der Waals surface area contributed by atoms with E-state index in [4.69, 9.17) is 14.2 Å². The summed E-state index contributed by atoms with van der Waals surface area (Å²) in [7, 11) is 1.55. The molecule has 0 saturated carbocycles. The van der Waals surface area contributed by atoms with Crippen molar-refractivity contribution in [2.45, 2.75) is 19.4 Å². The van der Waals surface area contributed by atoms with Gasteiger partial charge in [0.05, 0.1) is 38.5 Å². The molecule has 2 aromatic rings. The number of aliphatic hydroxyl groups excluding tert-OH is 1. The highest BCUT2D eigenvalue weighted by atomic mass is 16.5. The van der Waals surface area contributed by atoms with Crippen LogP contribution < -0.4 is 9.47 Å². The summed E-state index contributed by atoms with van der Waals surface area (Å²) < 4.78 is 16.8. The third-order valence-electron chi connectivity index (χ3n) is 6.31. The maximum atomic E-state index is 13.2. The fourth-order valence-electron chi connectivity index (χ4n) is 4.47. The van der Waals surface area contributed by atoms with Gasteiger partial charge < -0.3 is 24.2 Å². The Hall–Kier alpha value is -3.36. The molecular formula is C27H32N2O6. The summed E-state index contributed by atoms with van der Waals surface area (Å²) in [5.41, 5.74) is 1.23. The van der Waals surface area contributed by atoms with Crippen molar-refractivity contribution in [3.8, 4) is 11.5 Å². The average molecular weight is 481 g/mol. The van der Waals surface area contributed by atoms with E-state index in [0.717, 1.165) is 19.5 Å². The summed E-state index contributed by atoms with van der Waals surface area (Å²) in [5.74, 6) is -0.399. The topological polar surface area (TPSA) is 88.5 Å². The zero-order chi connectivity index (χ0) is 24.8. The van der Waals surface area contributed by atoms with Crippen LogP contribution in [0.1, 0.15) is 30.5 Å². The smallest absolute Gasteiger partial charge is 0.295 e. The first-order valence-corrected chi connectivity index (χ1v) is 12.0. The maximum absolute atomic E-state index is 13.2. The van der Waals surface area contributed by atoms with E-state index in [0.29, 0.717) is 55.5 Å². The highest BCUT2D eigenvalue weighted by Crippen LogP contribution is 2.41. The van der Waals surface area contributed by atoms with Crippen LogP contribution in [-0.4, -0.2) is 79.7 Å². The van der Waals surface area contributed by atoms with Crippen LogP contribution in [0.5, 0.6) is 11.5 Å². The van der Waals surface area contributed by atoms with Crippen molar-refractivity contribution in [2.75, 3.05) is 53.1 Å². The fraction of sp³-hybridized carbons (Fsp3) is 0.407. The summed E-state index contributed by atoms with van der Waals surface area (Å²) in [6.07, 6.45) is 0.851. The molecule has 2 aromatic carbocycles. The molecule has 0 spiro atoms. The van der Waals surface area contributed by atoms with Gasteiger partial charge in [0, 0.05) is 31.7 Å². The van der Waals surface area contributed by atoms with Crippen LogP contribution in [0.4, 0.5) is 0 Å². The van der Waals surface area contributed by atoms with Gasteiger partial charge in [0.1, 0.15) is 5.76 Å². The van der Waals surface area contributed by atoms with Crippen LogP contribution in [-0.2, 0) is 14.3 Å². The molecule has 0 aliphatic carbocycles. The standard InChI is InChI=1S/C27H32N2O6/c1-3-15-35-21-10-9-20(18-22(21)33-2)24-23(25(30)19-7-5-4-6-8-19)26(31)27(32)29(24)12-11-28-13-16-34-17-14-28/h4-10,18,24,30H,3,11-17H2,1-2H3/t24-/m1/s1. The van der Waals surface area contributed by atoms with Crippen LogP contribution >= 0.6 is 0 Å². The lowest BCUT2D eigenvalue weighted by atomic mass is 9.95. The van der Waals surface area contributed by atoms with Crippen molar-refractivity contribution in [3.05, 3.63) is 65.2 Å². The third kappa shape index (κ3) is 5.33. The Kier molecular flexibility index (Phi) is 8.05. The molecule has 0 unspecified atom stereocenters. The molecule has 2 saturated heterocycles. The second-order valence-electron chi connectivity index (χ2n) is 8.57. The number of nitrogens with zero attached hydrogens (tertiary/aromatic N) is 2. The monoisotopic (exact) mass is 480 g/mol. The molecule has 2 aliphatic heterocycles. The van der Waals surface area contributed by atoms with Crippen LogP contribution in [0.15, 0.2) is 54.1 Å². The molecule has 2 fully saturated rings. The first-order valence-electron chi connectivity index (χ1n) is 12.0. The lowest BCUT2D eigenvalue weighted by Gasteiger charge is -2.31. The minimum atomic E-state index is -0.745. The normalized spacial score (nSPS) is 20.3. The van der Waals surface area contributed by atoms with Gasteiger partial charge in [0.15, 0.2) is 11.5 Å². The van der Waals surface area contributed by atoms with E-state index in [1.54, 1.807) is 48.4 Å². The predicted octanol–water partition coefficient (Wildman–Crippen LogP) is 3.24. The second-order valence-corrected chi connectivity index (χ2v) is 8.57. The van der Waals surface area contributed by atoms with Gasteiger partial charge >= 0.3 is 0 Å². The van der Waals surface area contributed by atoms with Crippen molar-refractivity contribution >= 4 is 17.4 Å². The lowest BCUT2D eigenvalue weighted by Crippen LogP contribution is -2.42. The minimum Gasteiger partial charge on any atom is -0.507 e. The van der Waals surface area contributed by atoms with Crippen molar-refractivity contribution in [1.82, 2.24) is 9.80 Å². The van der Waals surface area contributed by atoms with Crippen LogP contribution in [0.25, 0.3) is 5.76 Å². The fourth-order valence-corrected chi connectivity index (χ4v) is 4.47. The molecule has 2 aliphatic rings. The van der Waals surface area contributed by atoms with Crippen LogP contribution in [0, 0.1) is 0 Å². The van der Waals surface area contributed by atoms with E-state index in [9.17, 15) is 14.7 Å². The number of benzene rings is 2. The molecule has 8 nitrogen and oxygen atoms in total. The van der Waals surface area contributed by atoms with E-state index < -0.39 is 17.7 Å². The van der Waals surface area contributed by atoms with Gasteiger partial charge in [-0.1, -0.05) is 43.3 Å². The Morgan fingerprint density at radius 1 is 1.06 bits per heavy atom. The SMILES string of the molecule is CCCOc1ccc([C@@H]2C(=C(O)c3ccccc3)C(=O)C(=O)N2CCN2CCOCC2)cc1OC. The lowest BCUT2D eigenvalue weighted by molar-refractivity contribution is -0.140. The van der Waals surface area contributed by atoms with Gasteiger partial charge in [-0.05, 0) is 24.1 Å². The largest absolute Gasteiger partial charge is 0.507 e.